The zero-order valence-corrected chi connectivity index (χ0v) is 42.7. The number of hydrogen-bond acceptors (Lipinski definition) is 8. The van der Waals surface area contributed by atoms with Gasteiger partial charge in [0.15, 0.2) is 0 Å². The van der Waals surface area contributed by atoms with Crippen LogP contribution in [0.1, 0.15) is 122 Å². The highest BCUT2D eigenvalue weighted by Gasteiger charge is 2.35. The Morgan fingerprint density at radius 1 is 0.831 bits per heavy atom. The van der Waals surface area contributed by atoms with Crippen LogP contribution in [-0.4, -0.2) is 77.9 Å². The average Bonchev–Trinajstić information content (AvgIpc) is 3.31. The van der Waals surface area contributed by atoms with Crippen LogP contribution in [0.3, 0.4) is 0 Å². The smallest absolute Gasteiger partial charge is 0.312 e. The zero-order chi connectivity index (χ0) is 52.3. The topological polar surface area (TPSA) is 226 Å². The summed E-state index contributed by atoms with van der Waals surface area (Å²) in [5.74, 6) is -3.82. The number of allylic oxidation sites excluding steroid dienone is 1. The molecule has 0 aliphatic carbocycles. The van der Waals surface area contributed by atoms with Crippen LogP contribution in [0.4, 0.5) is 16.2 Å². The molecule has 1 heterocycles. The van der Waals surface area contributed by atoms with Crippen LogP contribution in [0.5, 0.6) is 0 Å². The highest BCUT2D eigenvalue weighted by atomic mass is 16.5. The molecular weight excluding hydrogens is 901 g/mol. The largest absolute Gasteiger partial charge is 0.481 e. The van der Waals surface area contributed by atoms with Gasteiger partial charge in [0.2, 0.25) is 23.6 Å². The highest BCUT2D eigenvalue weighted by Crippen LogP contribution is 2.31. The molecule has 0 aromatic heterocycles. The number of nitrogens with one attached hydrogen (secondary N) is 4. The number of hydrogen-bond donors (Lipinski definition) is 6. The van der Waals surface area contributed by atoms with E-state index in [1.807, 2.05) is 108 Å². The third-order valence-electron chi connectivity index (χ3n) is 13.2. The number of amides is 6. The number of para-hydroxylation sites is 1. The van der Waals surface area contributed by atoms with E-state index < -0.39 is 52.7 Å². The predicted molar refractivity (Wildman–Crippen MR) is 279 cm³/mol. The lowest BCUT2D eigenvalue weighted by atomic mass is 9.78. The maximum absolute atomic E-state index is 13.9. The van der Waals surface area contributed by atoms with E-state index in [1.54, 1.807) is 30.0 Å². The Morgan fingerprint density at radius 3 is 2.15 bits per heavy atom. The number of nitrogens with two attached hydrogens (primary N) is 1. The van der Waals surface area contributed by atoms with E-state index in [1.165, 1.54) is 0 Å². The van der Waals surface area contributed by atoms with Crippen molar-refractivity contribution >= 4 is 64.9 Å². The van der Waals surface area contributed by atoms with Gasteiger partial charge in [-0.05, 0) is 105 Å². The van der Waals surface area contributed by atoms with Crippen molar-refractivity contribution in [1.29, 1.82) is 0 Å². The average molecular weight is 977 g/mol. The first-order valence-corrected chi connectivity index (χ1v) is 24.8. The van der Waals surface area contributed by atoms with Crippen molar-refractivity contribution in [3.8, 4) is 0 Å². The predicted octanol–water partition coefficient (Wildman–Crippen LogP) is 8.46. The van der Waals surface area contributed by atoms with Crippen molar-refractivity contribution in [3.05, 3.63) is 108 Å². The molecule has 1 aliphatic heterocycles. The van der Waals surface area contributed by atoms with Crippen LogP contribution >= 0.6 is 0 Å². The number of primary amides is 1. The third kappa shape index (κ3) is 18.6. The number of aliphatic carboxylic acids is 1. The summed E-state index contributed by atoms with van der Waals surface area (Å²) in [4.78, 5) is 92.6. The molecule has 7 N–H and O–H groups in total. The molecule has 4 rings (SSSR count). The maximum Gasteiger partial charge on any atom is 0.312 e. The van der Waals surface area contributed by atoms with E-state index >= 15 is 0 Å². The van der Waals surface area contributed by atoms with Gasteiger partial charge < -0.3 is 41.7 Å². The summed E-state index contributed by atoms with van der Waals surface area (Å²) in [6.45, 7) is 17.9. The summed E-state index contributed by atoms with van der Waals surface area (Å²) in [5.41, 5.74) is 8.98. The number of carboxylic acids is 1. The van der Waals surface area contributed by atoms with Crippen molar-refractivity contribution in [2.24, 2.45) is 34.8 Å². The van der Waals surface area contributed by atoms with Gasteiger partial charge in [0.1, 0.15) is 11.8 Å². The summed E-state index contributed by atoms with van der Waals surface area (Å²) >= 11 is 0. The van der Waals surface area contributed by atoms with Gasteiger partial charge in [-0.15, -0.1) is 6.58 Å². The molecule has 71 heavy (non-hydrogen) atoms. The van der Waals surface area contributed by atoms with Gasteiger partial charge in [0.05, 0.1) is 23.8 Å². The molecule has 3 aromatic carbocycles. The molecule has 6 amide bonds. The molecule has 384 valence electrons. The number of ketones is 1. The molecule has 0 saturated heterocycles. The number of carbonyl (C=O) groups is 7. The van der Waals surface area contributed by atoms with E-state index in [2.05, 4.69) is 33.9 Å². The lowest BCUT2D eigenvalue weighted by Crippen LogP contribution is -2.48. The van der Waals surface area contributed by atoms with E-state index in [-0.39, 0.29) is 68.3 Å². The third-order valence-corrected chi connectivity index (χ3v) is 13.2. The Hall–Kier alpha value is -6.61. The minimum atomic E-state index is -0.990. The monoisotopic (exact) mass is 977 g/mol. The number of benzene rings is 3. The molecule has 0 fully saturated rings. The van der Waals surface area contributed by atoms with Crippen LogP contribution in [0, 0.1) is 29.1 Å². The van der Waals surface area contributed by atoms with Crippen LogP contribution in [0.15, 0.2) is 85.5 Å². The number of carboxylic acid groups (broad SMARTS) is 1. The normalized spacial score (nSPS) is 14.1. The van der Waals surface area contributed by atoms with Crippen molar-refractivity contribution < 1.29 is 43.4 Å². The quantitative estimate of drug-likeness (QED) is 0.0303. The van der Waals surface area contributed by atoms with Crippen LogP contribution in [-0.2, 0) is 46.5 Å². The molecule has 15 nitrogen and oxygen atoms in total. The first-order valence-electron chi connectivity index (χ1n) is 24.8. The van der Waals surface area contributed by atoms with Crippen LogP contribution in [0.25, 0.3) is 12.2 Å². The molecule has 4 atom stereocenters. The molecule has 0 unspecified atom stereocenters. The van der Waals surface area contributed by atoms with Crippen molar-refractivity contribution in [2.45, 2.75) is 124 Å². The Balaban J connectivity index is 1.26. The van der Waals surface area contributed by atoms with Crippen LogP contribution in [0.2, 0.25) is 0 Å². The molecule has 0 radical (unpaired) electrons. The standard InChI is InChI=1S/C56H76N6O9/c1-9-39(33-38(4)53(68)69)34-40-20-24-44(25-21-40)60-52(67)46(18-14-30-59-54(57)70)61-51(66)45(37(2)3)35-48(63)55(5,6)29-32-71-56(7,8)28-31-58-49(64)26-27-50(65)62-36-43-17-11-10-15-41(43)22-23-42-16-12-13-19-47(42)62/h9-13,15-17,19-25,37-39,45-46H,1,14,18,26-36H2,2-8H3,(H,58,64)(H,60,67)(H,61,66)(H,68,69)(H3,57,59,70)/t38-,39+,45-,46-/m0/s1. The second-order valence-electron chi connectivity index (χ2n) is 20.2. The van der Waals surface area contributed by atoms with Gasteiger partial charge in [-0.1, -0.05) is 107 Å². The first-order chi connectivity index (χ1) is 33.6. The summed E-state index contributed by atoms with van der Waals surface area (Å²) in [6, 6.07) is 21.2. The second kappa shape index (κ2) is 27.1. The molecule has 15 heteroatoms. The minimum absolute atomic E-state index is 0.0381. The Bertz CT molecular complexity index is 2360. The van der Waals surface area contributed by atoms with Crippen LogP contribution < -0.4 is 31.9 Å². The summed E-state index contributed by atoms with van der Waals surface area (Å²) in [5, 5.41) is 20.5. The van der Waals surface area contributed by atoms with Gasteiger partial charge >= 0.3 is 12.0 Å². The van der Waals surface area contributed by atoms with Gasteiger partial charge in [-0.25, -0.2) is 4.79 Å². The van der Waals surface area contributed by atoms with E-state index in [9.17, 15) is 38.7 Å². The van der Waals surface area contributed by atoms with Crippen molar-refractivity contribution in [3.63, 3.8) is 0 Å². The number of urea groups is 1. The molecular formula is C56H76N6O9. The number of carbonyl (C=O) groups excluding carboxylic acids is 6. The van der Waals surface area contributed by atoms with Gasteiger partial charge in [0.25, 0.3) is 0 Å². The highest BCUT2D eigenvalue weighted by molar-refractivity contribution is 5.99. The fraction of sp³-hybridized carbons (Fsp3) is 0.482. The lowest BCUT2D eigenvalue weighted by Gasteiger charge is -2.30. The second-order valence-corrected chi connectivity index (χ2v) is 20.2. The zero-order valence-electron chi connectivity index (χ0n) is 42.7. The Morgan fingerprint density at radius 2 is 1.49 bits per heavy atom. The molecule has 3 aromatic rings. The van der Waals surface area contributed by atoms with E-state index in [4.69, 9.17) is 10.5 Å². The number of ether oxygens (including phenoxy) is 1. The number of fused-ring (bicyclic) bond motifs is 2. The maximum atomic E-state index is 13.9. The van der Waals surface area contributed by atoms with E-state index in [0.29, 0.717) is 50.9 Å². The minimum Gasteiger partial charge on any atom is -0.481 e. The fourth-order valence-electron chi connectivity index (χ4n) is 8.36. The van der Waals surface area contributed by atoms with Crippen molar-refractivity contribution in [1.82, 2.24) is 16.0 Å². The Kier molecular flexibility index (Phi) is 21.8. The number of rotatable bonds is 28. The molecule has 0 bridgehead atoms. The number of anilines is 2. The van der Waals surface area contributed by atoms with Crippen molar-refractivity contribution in [2.75, 3.05) is 29.9 Å². The lowest BCUT2D eigenvalue weighted by molar-refractivity contribution is -0.141. The summed E-state index contributed by atoms with van der Waals surface area (Å²) in [6.07, 6.45) is 8.26. The molecule has 0 saturated carbocycles. The van der Waals surface area contributed by atoms with Gasteiger partial charge in [-0.3, -0.25) is 28.8 Å². The SMILES string of the molecule is C=C[C@@H](Cc1ccc(NC(=O)[C@H](CCCNC(N)=O)NC(=O)[C@@H](CC(=O)C(C)(C)CCOC(C)(C)CCNC(=O)CCC(=O)N2Cc3ccccc3C=Cc3ccccc32)C(C)C)cc1)C[C@H](C)C(=O)O. The van der Waals surface area contributed by atoms with Gasteiger partial charge in [-0.2, -0.15) is 0 Å². The van der Waals surface area contributed by atoms with Gasteiger partial charge in [0, 0.05) is 56.0 Å². The summed E-state index contributed by atoms with van der Waals surface area (Å²) in [7, 11) is 0. The fourth-order valence-corrected chi connectivity index (χ4v) is 8.36. The number of nitrogens with zero attached hydrogens (tertiary/aromatic N) is 1. The first kappa shape index (κ1) is 57.0. The Labute approximate surface area is 419 Å². The van der Waals surface area contributed by atoms with E-state index in [0.717, 1.165) is 27.9 Å². The molecule has 1 aliphatic rings. The number of Topliss-reactive ketones (excluding diaryl/α,β-unsaturated/α-hetero) is 1. The molecule has 0 spiro atoms. The summed E-state index contributed by atoms with van der Waals surface area (Å²) < 4.78 is 6.25.